The highest BCUT2D eigenvalue weighted by atomic mass is 32.2. The van der Waals surface area contributed by atoms with Crippen LogP contribution in [0.1, 0.15) is 43.7 Å². The minimum Gasteiger partial charge on any atom is -0.383 e. The Balaban J connectivity index is 1.64. The zero-order valence-corrected chi connectivity index (χ0v) is 20.1. The standard InChI is InChI=1S/C25H34N2O4S/c1-20(2)22-9-11-24(12-10-22)32(29,30)27-15-13-23(14-16-27)25(28)26(17-18-31-3)19-21-7-5-4-6-8-21/h4-12,20,23H,13-19H2,1-3H3. The lowest BCUT2D eigenvalue weighted by molar-refractivity contribution is -0.138. The summed E-state index contributed by atoms with van der Waals surface area (Å²) in [5, 5.41) is 0. The lowest BCUT2D eigenvalue weighted by atomic mass is 9.96. The molecule has 7 heteroatoms. The normalized spacial score (nSPS) is 15.8. The maximum Gasteiger partial charge on any atom is 0.243 e. The largest absolute Gasteiger partial charge is 0.383 e. The van der Waals surface area contributed by atoms with E-state index in [0.717, 1.165) is 11.1 Å². The molecule has 32 heavy (non-hydrogen) atoms. The first-order chi connectivity index (χ1) is 15.3. The molecule has 0 radical (unpaired) electrons. The molecule has 0 spiro atoms. The highest BCUT2D eigenvalue weighted by molar-refractivity contribution is 7.89. The van der Waals surface area contributed by atoms with Gasteiger partial charge in [0.2, 0.25) is 15.9 Å². The second-order valence-electron chi connectivity index (χ2n) is 8.64. The summed E-state index contributed by atoms with van der Waals surface area (Å²) in [4.78, 5) is 15.4. The van der Waals surface area contributed by atoms with Crippen molar-refractivity contribution in [3.8, 4) is 0 Å². The van der Waals surface area contributed by atoms with Crippen LogP contribution in [0.2, 0.25) is 0 Å². The van der Waals surface area contributed by atoms with Crippen molar-refractivity contribution in [1.82, 2.24) is 9.21 Å². The number of carbonyl (C=O) groups is 1. The third-order valence-electron chi connectivity index (χ3n) is 6.08. The van der Waals surface area contributed by atoms with Crippen molar-refractivity contribution in [2.24, 2.45) is 5.92 Å². The van der Waals surface area contributed by atoms with Crippen LogP contribution in [-0.2, 0) is 26.1 Å². The molecule has 2 aromatic carbocycles. The fraction of sp³-hybridized carbons (Fsp3) is 0.480. The molecule has 0 saturated carbocycles. The number of piperidine rings is 1. The molecule has 1 saturated heterocycles. The van der Waals surface area contributed by atoms with Crippen LogP contribution in [0.4, 0.5) is 0 Å². The van der Waals surface area contributed by atoms with Crippen LogP contribution in [0.25, 0.3) is 0 Å². The first kappa shape index (κ1) is 24.4. The predicted molar refractivity (Wildman–Crippen MR) is 126 cm³/mol. The van der Waals surface area contributed by atoms with Crippen LogP contribution in [0.5, 0.6) is 0 Å². The number of ether oxygens (including phenoxy) is 1. The number of methoxy groups -OCH3 is 1. The van der Waals surface area contributed by atoms with E-state index in [1.54, 1.807) is 19.2 Å². The third kappa shape index (κ3) is 5.97. The van der Waals surface area contributed by atoms with Crippen LogP contribution < -0.4 is 0 Å². The van der Waals surface area contributed by atoms with E-state index in [9.17, 15) is 13.2 Å². The molecule has 1 fully saturated rings. The molecule has 174 valence electrons. The van der Waals surface area contributed by atoms with Gasteiger partial charge in [0.15, 0.2) is 0 Å². The molecular weight excluding hydrogens is 424 g/mol. The average Bonchev–Trinajstić information content (AvgIpc) is 2.82. The van der Waals surface area contributed by atoms with E-state index in [1.165, 1.54) is 4.31 Å². The molecule has 0 bridgehead atoms. The lowest BCUT2D eigenvalue weighted by Gasteiger charge is -2.33. The second-order valence-corrected chi connectivity index (χ2v) is 10.6. The summed E-state index contributed by atoms with van der Waals surface area (Å²) >= 11 is 0. The van der Waals surface area contributed by atoms with Gasteiger partial charge in [-0.15, -0.1) is 0 Å². The van der Waals surface area contributed by atoms with Gasteiger partial charge in [-0.2, -0.15) is 4.31 Å². The Morgan fingerprint density at radius 2 is 1.69 bits per heavy atom. The molecule has 1 heterocycles. The molecule has 0 unspecified atom stereocenters. The fourth-order valence-electron chi connectivity index (χ4n) is 4.05. The lowest BCUT2D eigenvalue weighted by Crippen LogP contribution is -2.45. The van der Waals surface area contributed by atoms with E-state index in [0.29, 0.717) is 56.4 Å². The molecule has 1 amide bonds. The SMILES string of the molecule is COCCN(Cc1ccccc1)C(=O)C1CCN(S(=O)(=O)c2ccc(C(C)C)cc2)CC1. The molecule has 1 aliphatic rings. The number of sulfonamides is 1. The van der Waals surface area contributed by atoms with Crippen LogP contribution in [0, 0.1) is 5.92 Å². The van der Waals surface area contributed by atoms with E-state index in [-0.39, 0.29) is 11.8 Å². The first-order valence-electron chi connectivity index (χ1n) is 11.2. The molecule has 0 N–H and O–H groups in total. The van der Waals surface area contributed by atoms with Gasteiger partial charge in [-0.1, -0.05) is 56.3 Å². The van der Waals surface area contributed by atoms with Gasteiger partial charge >= 0.3 is 0 Å². The number of hydrogen-bond donors (Lipinski definition) is 0. The molecule has 0 aliphatic carbocycles. The zero-order valence-electron chi connectivity index (χ0n) is 19.2. The van der Waals surface area contributed by atoms with Crippen molar-refractivity contribution in [2.45, 2.75) is 44.0 Å². The van der Waals surface area contributed by atoms with Crippen LogP contribution in [0.3, 0.4) is 0 Å². The average molecular weight is 459 g/mol. The summed E-state index contributed by atoms with van der Waals surface area (Å²) < 4.78 is 32.9. The Labute approximate surface area is 192 Å². The van der Waals surface area contributed by atoms with Gasteiger partial charge in [0.1, 0.15) is 0 Å². The molecule has 0 aromatic heterocycles. The van der Waals surface area contributed by atoms with Gasteiger partial charge in [0, 0.05) is 39.2 Å². The maximum atomic E-state index is 13.2. The van der Waals surface area contributed by atoms with Crippen molar-refractivity contribution in [3.63, 3.8) is 0 Å². The van der Waals surface area contributed by atoms with Gasteiger partial charge < -0.3 is 9.64 Å². The fourth-order valence-corrected chi connectivity index (χ4v) is 5.52. The summed E-state index contributed by atoms with van der Waals surface area (Å²) in [6.07, 6.45) is 1.06. The summed E-state index contributed by atoms with van der Waals surface area (Å²) in [5.41, 5.74) is 2.18. The Morgan fingerprint density at radius 1 is 1.06 bits per heavy atom. The number of carbonyl (C=O) groups excluding carboxylic acids is 1. The summed E-state index contributed by atoms with van der Waals surface area (Å²) in [7, 11) is -1.92. The van der Waals surface area contributed by atoms with Crippen LogP contribution in [-0.4, -0.2) is 56.9 Å². The minimum absolute atomic E-state index is 0.0734. The second kappa shape index (κ2) is 11.1. The Hall–Kier alpha value is -2.22. The quantitative estimate of drug-likeness (QED) is 0.572. The highest BCUT2D eigenvalue weighted by Gasteiger charge is 2.33. The third-order valence-corrected chi connectivity index (χ3v) is 7.99. The zero-order chi connectivity index (χ0) is 23.1. The smallest absolute Gasteiger partial charge is 0.243 e. The van der Waals surface area contributed by atoms with E-state index in [4.69, 9.17) is 4.74 Å². The van der Waals surface area contributed by atoms with Gasteiger partial charge in [-0.05, 0) is 42.0 Å². The van der Waals surface area contributed by atoms with Crippen molar-refractivity contribution < 1.29 is 17.9 Å². The monoisotopic (exact) mass is 458 g/mol. The number of hydrogen-bond acceptors (Lipinski definition) is 4. The van der Waals surface area contributed by atoms with Crippen molar-refractivity contribution in [2.75, 3.05) is 33.4 Å². The Kier molecular flexibility index (Phi) is 8.45. The Morgan fingerprint density at radius 3 is 2.25 bits per heavy atom. The van der Waals surface area contributed by atoms with Crippen molar-refractivity contribution in [3.05, 3.63) is 65.7 Å². The minimum atomic E-state index is -3.55. The van der Waals surface area contributed by atoms with Crippen molar-refractivity contribution in [1.29, 1.82) is 0 Å². The van der Waals surface area contributed by atoms with E-state index < -0.39 is 10.0 Å². The molecule has 2 aromatic rings. The summed E-state index contributed by atoms with van der Waals surface area (Å²) in [5.74, 6) is 0.250. The van der Waals surface area contributed by atoms with E-state index >= 15 is 0 Å². The summed E-state index contributed by atoms with van der Waals surface area (Å²) in [6, 6.07) is 17.0. The maximum absolute atomic E-state index is 13.2. The van der Waals surface area contributed by atoms with Gasteiger partial charge in [-0.3, -0.25) is 4.79 Å². The Bertz CT molecular complexity index is 967. The van der Waals surface area contributed by atoms with Crippen molar-refractivity contribution >= 4 is 15.9 Å². The highest BCUT2D eigenvalue weighted by Crippen LogP contribution is 2.26. The molecule has 1 aliphatic heterocycles. The molecular formula is C25H34N2O4S. The van der Waals surface area contributed by atoms with Gasteiger partial charge in [0.05, 0.1) is 11.5 Å². The predicted octanol–water partition coefficient (Wildman–Crippen LogP) is 3.89. The van der Waals surface area contributed by atoms with E-state index in [2.05, 4.69) is 13.8 Å². The number of nitrogens with zero attached hydrogens (tertiary/aromatic N) is 2. The first-order valence-corrected chi connectivity index (χ1v) is 12.7. The van der Waals surface area contributed by atoms with Gasteiger partial charge in [-0.25, -0.2) is 8.42 Å². The number of rotatable bonds is 9. The van der Waals surface area contributed by atoms with Crippen LogP contribution in [0.15, 0.2) is 59.5 Å². The topological polar surface area (TPSA) is 66.9 Å². The summed E-state index contributed by atoms with van der Waals surface area (Å²) in [6.45, 7) is 6.40. The molecule has 0 atom stereocenters. The van der Waals surface area contributed by atoms with Crippen LogP contribution >= 0.6 is 0 Å². The molecule has 6 nitrogen and oxygen atoms in total. The van der Waals surface area contributed by atoms with E-state index in [1.807, 2.05) is 47.4 Å². The van der Waals surface area contributed by atoms with Gasteiger partial charge in [0.25, 0.3) is 0 Å². The number of benzene rings is 2. The molecule has 3 rings (SSSR count). The number of amides is 1.